The number of alkyl carbamates (subject to hydrolysis) is 1. The number of carbonyl (C=O) groups excluding carboxylic acids is 2. The molecule has 0 radical (unpaired) electrons. The Hall–Kier alpha value is -2.48. The molecule has 1 fully saturated rings. The zero-order valence-electron chi connectivity index (χ0n) is 17.8. The van der Waals surface area contributed by atoms with Gasteiger partial charge in [-0.3, -0.25) is 4.79 Å². The highest BCUT2D eigenvalue weighted by atomic mass is 32.1. The van der Waals surface area contributed by atoms with E-state index in [0.29, 0.717) is 18.8 Å². The fourth-order valence-corrected chi connectivity index (χ4v) is 4.42. The minimum absolute atomic E-state index is 0.123. The predicted octanol–water partition coefficient (Wildman–Crippen LogP) is 4.78. The maximum absolute atomic E-state index is 13.4. The van der Waals surface area contributed by atoms with Gasteiger partial charge in [0.15, 0.2) is 0 Å². The molecule has 0 aliphatic carbocycles. The minimum Gasteiger partial charge on any atom is -0.444 e. The largest absolute Gasteiger partial charge is 0.444 e. The molecule has 1 saturated heterocycles. The number of hydrogen-bond donors (Lipinski definition) is 1. The number of piperidine rings is 1. The summed E-state index contributed by atoms with van der Waals surface area (Å²) in [7, 11) is 0. The molecular weight excluding hydrogens is 405 g/mol. The summed E-state index contributed by atoms with van der Waals surface area (Å²) in [5.74, 6) is -0.480. The number of carbonyl (C=O) groups is 2. The van der Waals surface area contributed by atoms with Gasteiger partial charge in [0.25, 0.3) is 5.91 Å². The van der Waals surface area contributed by atoms with Crippen LogP contribution in [0.3, 0.4) is 0 Å². The molecule has 1 aliphatic rings. The first-order valence-electron chi connectivity index (χ1n) is 10.2. The molecule has 1 atom stereocenters. The Kier molecular flexibility index (Phi) is 6.75. The molecule has 0 unspecified atom stereocenters. The summed E-state index contributed by atoms with van der Waals surface area (Å²) in [5, 5.41) is 3.56. The lowest BCUT2D eigenvalue weighted by atomic mass is 10.0. The highest BCUT2D eigenvalue weighted by Gasteiger charge is 2.31. The van der Waals surface area contributed by atoms with Crippen molar-refractivity contribution < 1.29 is 18.7 Å². The third-order valence-corrected chi connectivity index (χ3v) is 5.83. The molecule has 1 aromatic carbocycles. The first kappa shape index (κ1) is 22.2. The Morgan fingerprint density at radius 1 is 1.27 bits per heavy atom. The molecule has 0 saturated carbocycles. The zero-order valence-corrected chi connectivity index (χ0v) is 18.6. The summed E-state index contributed by atoms with van der Waals surface area (Å²) in [4.78, 5) is 32.5. The number of rotatable bonds is 4. The van der Waals surface area contributed by atoms with E-state index >= 15 is 0 Å². The Labute approximate surface area is 180 Å². The quantitative estimate of drug-likeness (QED) is 0.753. The average molecular weight is 434 g/mol. The van der Waals surface area contributed by atoms with E-state index in [0.717, 1.165) is 34.7 Å². The molecule has 162 valence electrons. The van der Waals surface area contributed by atoms with Gasteiger partial charge in [-0.25, -0.2) is 14.2 Å². The van der Waals surface area contributed by atoms with Crippen LogP contribution < -0.4 is 5.32 Å². The van der Waals surface area contributed by atoms with Crippen molar-refractivity contribution in [1.82, 2.24) is 15.2 Å². The maximum atomic E-state index is 13.4. The summed E-state index contributed by atoms with van der Waals surface area (Å²) in [6.45, 7) is 8.22. The van der Waals surface area contributed by atoms with Gasteiger partial charge in [0, 0.05) is 19.1 Å². The van der Waals surface area contributed by atoms with Crippen LogP contribution in [-0.2, 0) is 4.74 Å². The van der Waals surface area contributed by atoms with Crippen LogP contribution >= 0.6 is 11.3 Å². The van der Waals surface area contributed by atoms with Crippen LogP contribution in [0.15, 0.2) is 24.3 Å². The van der Waals surface area contributed by atoms with Crippen molar-refractivity contribution in [3.05, 3.63) is 40.8 Å². The van der Waals surface area contributed by atoms with E-state index in [-0.39, 0.29) is 17.8 Å². The Bertz CT molecular complexity index is 905. The molecule has 6 nitrogen and oxygen atoms in total. The summed E-state index contributed by atoms with van der Waals surface area (Å²) in [5.41, 5.74) is 0.577. The smallest absolute Gasteiger partial charge is 0.407 e. The van der Waals surface area contributed by atoms with E-state index < -0.39 is 11.7 Å². The van der Waals surface area contributed by atoms with Crippen molar-refractivity contribution in [2.45, 2.75) is 58.6 Å². The third-order valence-electron chi connectivity index (χ3n) is 4.81. The number of benzene rings is 1. The second-order valence-corrected chi connectivity index (χ2v) is 9.65. The first-order chi connectivity index (χ1) is 14.1. The molecule has 1 aromatic heterocycles. The van der Waals surface area contributed by atoms with Gasteiger partial charge in [-0.1, -0.05) is 12.1 Å². The SMILES string of the molecule is Cc1nc(C(=O)N2CCCC[C@H]2CNC(=O)OC(C)(C)C)c(-c2ccc(F)cc2)s1. The summed E-state index contributed by atoms with van der Waals surface area (Å²) < 4.78 is 18.6. The minimum atomic E-state index is -0.575. The molecular formula is C22H28FN3O3S. The highest BCUT2D eigenvalue weighted by molar-refractivity contribution is 7.15. The summed E-state index contributed by atoms with van der Waals surface area (Å²) in [6, 6.07) is 5.97. The number of aromatic nitrogens is 1. The summed E-state index contributed by atoms with van der Waals surface area (Å²) in [6.07, 6.45) is 2.21. The number of likely N-dealkylation sites (tertiary alicyclic amines) is 1. The van der Waals surface area contributed by atoms with Crippen LogP contribution in [0.2, 0.25) is 0 Å². The lowest BCUT2D eigenvalue weighted by molar-refractivity contribution is 0.0461. The van der Waals surface area contributed by atoms with Crippen molar-refractivity contribution in [3.8, 4) is 10.4 Å². The van der Waals surface area contributed by atoms with Crippen LogP contribution in [0.5, 0.6) is 0 Å². The third kappa shape index (κ3) is 5.56. The van der Waals surface area contributed by atoms with Crippen LogP contribution in [0.1, 0.15) is 55.5 Å². The van der Waals surface area contributed by atoms with Gasteiger partial charge in [0.2, 0.25) is 0 Å². The molecule has 1 N–H and O–H groups in total. The van der Waals surface area contributed by atoms with E-state index in [1.54, 1.807) is 17.0 Å². The molecule has 30 heavy (non-hydrogen) atoms. The number of aryl methyl sites for hydroxylation is 1. The fraction of sp³-hybridized carbons (Fsp3) is 0.500. The molecule has 3 rings (SSSR count). The van der Waals surface area contributed by atoms with Gasteiger partial charge in [-0.05, 0) is 64.7 Å². The van der Waals surface area contributed by atoms with Crippen LogP contribution in [0.4, 0.5) is 9.18 Å². The number of amides is 2. The van der Waals surface area contributed by atoms with Gasteiger partial charge in [0.05, 0.1) is 9.88 Å². The normalized spacial score (nSPS) is 17.0. The van der Waals surface area contributed by atoms with Crippen molar-refractivity contribution in [2.24, 2.45) is 0 Å². The van der Waals surface area contributed by atoms with E-state index in [4.69, 9.17) is 4.74 Å². The van der Waals surface area contributed by atoms with E-state index in [1.165, 1.54) is 23.5 Å². The summed E-state index contributed by atoms with van der Waals surface area (Å²) >= 11 is 1.42. The van der Waals surface area contributed by atoms with E-state index in [1.807, 2.05) is 27.7 Å². The van der Waals surface area contributed by atoms with Gasteiger partial charge in [-0.15, -0.1) is 11.3 Å². The highest BCUT2D eigenvalue weighted by Crippen LogP contribution is 2.32. The molecule has 8 heteroatoms. The van der Waals surface area contributed by atoms with Crippen LogP contribution in [-0.4, -0.2) is 46.6 Å². The van der Waals surface area contributed by atoms with Crippen LogP contribution in [0, 0.1) is 12.7 Å². The second kappa shape index (κ2) is 9.12. The van der Waals surface area contributed by atoms with Gasteiger partial charge in [0.1, 0.15) is 17.1 Å². The molecule has 0 bridgehead atoms. The first-order valence-corrected chi connectivity index (χ1v) is 11.0. The number of nitrogens with zero attached hydrogens (tertiary/aromatic N) is 2. The predicted molar refractivity (Wildman–Crippen MR) is 115 cm³/mol. The second-order valence-electron chi connectivity index (χ2n) is 8.45. The Morgan fingerprint density at radius 3 is 2.63 bits per heavy atom. The Balaban J connectivity index is 1.77. The van der Waals surface area contributed by atoms with Crippen molar-refractivity contribution in [1.29, 1.82) is 0 Å². The molecule has 2 amide bonds. The molecule has 0 spiro atoms. The van der Waals surface area contributed by atoms with E-state index in [2.05, 4.69) is 10.3 Å². The van der Waals surface area contributed by atoms with Crippen molar-refractivity contribution in [2.75, 3.05) is 13.1 Å². The van der Waals surface area contributed by atoms with E-state index in [9.17, 15) is 14.0 Å². The molecule has 2 heterocycles. The standard InChI is InChI=1S/C22H28FN3O3S/c1-14-25-18(19(30-14)15-8-10-16(23)11-9-15)20(27)26-12-6-5-7-17(26)13-24-21(28)29-22(2,3)4/h8-11,17H,5-7,12-13H2,1-4H3,(H,24,28)/t17-/m0/s1. The number of nitrogens with one attached hydrogen (secondary N) is 1. The average Bonchev–Trinajstić information content (AvgIpc) is 3.07. The molecule has 2 aromatic rings. The monoisotopic (exact) mass is 433 g/mol. The fourth-order valence-electron chi connectivity index (χ4n) is 3.50. The van der Waals surface area contributed by atoms with Gasteiger partial charge >= 0.3 is 6.09 Å². The zero-order chi connectivity index (χ0) is 21.9. The topological polar surface area (TPSA) is 71.5 Å². The van der Waals surface area contributed by atoms with Crippen molar-refractivity contribution >= 4 is 23.3 Å². The lowest BCUT2D eigenvalue weighted by Crippen LogP contribution is -2.50. The van der Waals surface area contributed by atoms with Crippen molar-refractivity contribution in [3.63, 3.8) is 0 Å². The number of ether oxygens (including phenoxy) is 1. The van der Waals surface area contributed by atoms with Gasteiger partial charge < -0.3 is 15.0 Å². The van der Waals surface area contributed by atoms with Crippen LogP contribution in [0.25, 0.3) is 10.4 Å². The molecule has 1 aliphatic heterocycles. The number of halogens is 1. The lowest BCUT2D eigenvalue weighted by Gasteiger charge is -2.35. The number of hydrogen-bond acceptors (Lipinski definition) is 5. The van der Waals surface area contributed by atoms with Gasteiger partial charge in [-0.2, -0.15) is 0 Å². The maximum Gasteiger partial charge on any atom is 0.407 e. The Morgan fingerprint density at radius 2 is 1.97 bits per heavy atom. The number of thiazole rings is 1.